The van der Waals surface area contributed by atoms with Crippen molar-refractivity contribution in [3.63, 3.8) is 0 Å². The van der Waals surface area contributed by atoms with E-state index >= 15 is 0 Å². The van der Waals surface area contributed by atoms with Crippen molar-refractivity contribution in [1.82, 2.24) is 10.2 Å². The second kappa shape index (κ2) is 14.2. The van der Waals surface area contributed by atoms with Crippen LogP contribution in [0.5, 0.6) is 5.75 Å². The van der Waals surface area contributed by atoms with Gasteiger partial charge in [-0.1, -0.05) is 48.4 Å². The number of hydrogen-bond acceptors (Lipinski definition) is 5. The summed E-state index contributed by atoms with van der Waals surface area (Å²) in [5.74, 6) is -0.301. The molecule has 3 aromatic carbocycles. The molecule has 0 bridgehead atoms. The molecule has 0 aliphatic heterocycles. The molecular weight excluding hydrogens is 550 g/mol. The molecule has 8 nitrogen and oxygen atoms in total. The van der Waals surface area contributed by atoms with Crippen molar-refractivity contribution in [3.05, 3.63) is 88.9 Å². The van der Waals surface area contributed by atoms with E-state index < -0.39 is 28.5 Å². The summed E-state index contributed by atoms with van der Waals surface area (Å²) in [5, 5.41) is 3.37. The predicted octanol–water partition coefficient (Wildman–Crippen LogP) is 5.19. The number of carbonyl (C=O) groups is 2. The Morgan fingerprint density at radius 3 is 2.15 bits per heavy atom. The van der Waals surface area contributed by atoms with E-state index in [1.807, 2.05) is 20.8 Å². The summed E-state index contributed by atoms with van der Waals surface area (Å²) in [6, 6.07) is 19.1. The van der Waals surface area contributed by atoms with Crippen molar-refractivity contribution in [3.8, 4) is 5.75 Å². The van der Waals surface area contributed by atoms with Gasteiger partial charge in [-0.3, -0.25) is 13.9 Å². The highest BCUT2D eigenvalue weighted by Gasteiger charge is 2.32. The first-order chi connectivity index (χ1) is 19.1. The van der Waals surface area contributed by atoms with Gasteiger partial charge in [-0.2, -0.15) is 0 Å². The zero-order valence-electron chi connectivity index (χ0n) is 23.3. The second-order valence-electron chi connectivity index (χ2n) is 9.37. The smallest absolute Gasteiger partial charge is 0.264 e. The Hall–Kier alpha value is -3.56. The van der Waals surface area contributed by atoms with E-state index in [0.717, 1.165) is 21.9 Å². The number of hydrogen-bond donors (Lipinski definition) is 1. The highest BCUT2D eigenvalue weighted by molar-refractivity contribution is 7.92. The molecule has 40 heavy (non-hydrogen) atoms. The number of nitrogens with zero attached hydrogens (tertiary/aromatic N) is 2. The lowest BCUT2D eigenvalue weighted by Gasteiger charge is -2.32. The molecule has 0 fully saturated rings. The molecule has 0 aliphatic carbocycles. The zero-order valence-corrected chi connectivity index (χ0v) is 24.8. The molecule has 214 valence electrons. The van der Waals surface area contributed by atoms with Crippen LogP contribution in [0.25, 0.3) is 0 Å². The summed E-state index contributed by atoms with van der Waals surface area (Å²) < 4.78 is 34.3. The number of carbonyl (C=O) groups excluding carboxylic acids is 2. The number of anilines is 1. The van der Waals surface area contributed by atoms with E-state index in [0.29, 0.717) is 29.6 Å². The Kier molecular flexibility index (Phi) is 11.0. The van der Waals surface area contributed by atoms with Crippen molar-refractivity contribution >= 4 is 39.1 Å². The van der Waals surface area contributed by atoms with Gasteiger partial charge in [-0.25, -0.2) is 8.42 Å². The molecule has 3 rings (SSSR count). The molecule has 1 N–H and O–H groups in total. The zero-order chi connectivity index (χ0) is 29.3. The minimum Gasteiger partial charge on any atom is -0.494 e. The first-order valence-electron chi connectivity index (χ1n) is 13.2. The SMILES string of the molecule is CCCNC(=O)C(C)N(Cc1ccc(Cl)cc1)C(=O)CN(c1ccc(C)cc1)S(=O)(=O)c1ccc(OCC)cc1. The summed E-state index contributed by atoms with van der Waals surface area (Å²) in [6.45, 7) is 7.82. The van der Waals surface area contributed by atoms with Gasteiger partial charge in [0.25, 0.3) is 10.0 Å². The maximum absolute atomic E-state index is 13.9. The van der Waals surface area contributed by atoms with Crippen LogP contribution in [0.15, 0.2) is 77.7 Å². The van der Waals surface area contributed by atoms with Gasteiger partial charge in [0.1, 0.15) is 18.3 Å². The highest BCUT2D eigenvalue weighted by Crippen LogP contribution is 2.26. The molecule has 0 saturated heterocycles. The average molecular weight is 586 g/mol. The van der Waals surface area contributed by atoms with Gasteiger partial charge in [0.2, 0.25) is 11.8 Å². The average Bonchev–Trinajstić information content (AvgIpc) is 2.94. The van der Waals surface area contributed by atoms with Crippen molar-refractivity contribution in [2.45, 2.75) is 51.6 Å². The van der Waals surface area contributed by atoms with Gasteiger partial charge in [0, 0.05) is 18.1 Å². The summed E-state index contributed by atoms with van der Waals surface area (Å²) in [7, 11) is -4.15. The molecule has 1 unspecified atom stereocenters. The van der Waals surface area contributed by atoms with Crippen LogP contribution in [0.3, 0.4) is 0 Å². The van der Waals surface area contributed by atoms with Crippen LogP contribution in [-0.4, -0.2) is 50.9 Å². The van der Waals surface area contributed by atoms with E-state index in [9.17, 15) is 18.0 Å². The van der Waals surface area contributed by atoms with Crippen molar-refractivity contribution < 1.29 is 22.7 Å². The van der Waals surface area contributed by atoms with Gasteiger partial charge < -0.3 is 15.0 Å². The number of amides is 2. The molecule has 0 saturated carbocycles. The minimum atomic E-state index is -4.15. The third-order valence-corrected chi connectivity index (χ3v) is 8.35. The van der Waals surface area contributed by atoms with Crippen LogP contribution in [-0.2, 0) is 26.2 Å². The molecule has 0 radical (unpaired) electrons. The van der Waals surface area contributed by atoms with Gasteiger partial charge in [-0.05, 0) is 81.3 Å². The molecule has 3 aromatic rings. The van der Waals surface area contributed by atoms with Crippen LogP contribution in [0.1, 0.15) is 38.3 Å². The number of ether oxygens (including phenoxy) is 1. The van der Waals surface area contributed by atoms with Crippen LogP contribution < -0.4 is 14.4 Å². The summed E-state index contributed by atoms with van der Waals surface area (Å²) >= 11 is 6.04. The Bertz CT molecular complexity index is 1380. The van der Waals surface area contributed by atoms with E-state index in [4.69, 9.17) is 16.3 Å². The number of benzene rings is 3. The lowest BCUT2D eigenvalue weighted by atomic mass is 10.1. The molecular formula is C30H36ClN3O5S. The van der Waals surface area contributed by atoms with Gasteiger partial charge >= 0.3 is 0 Å². The molecule has 0 spiro atoms. The lowest BCUT2D eigenvalue weighted by molar-refractivity contribution is -0.139. The van der Waals surface area contributed by atoms with Crippen molar-refractivity contribution in [1.29, 1.82) is 0 Å². The summed E-state index contributed by atoms with van der Waals surface area (Å²) in [5.41, 5.74) is 2.03. The number of sulfonamides is 1. The quantitative estimate of drug-likeness (QED) is 0.298. The van der Waals surface area contributed by atoms with Crippen LogP contribution in [0.2, 0.25) is 5.02 Å². The van der Waals surface area contributed by atoms with E-state index in [1.165, 1.54) is 17.0 Å². The van der Waals surface area contributed by atoms with Gasteiger partial charge in [0.05, 0.1) is 17.2 Å². The fourth-order valence-corrected chi connectivity index (χ4v) is 5.55. The largest absolute Gasteiger partial charge is 0.494 e. The topological polar surface area (TPSA) is 96.0 Å². The number of rotatable bonds is 13. The molecule has 0 heterocycles. The van der Waals surface area contributed by atoms with Gasteiger partial charge in [-0.15, -0.1) is 0 Å². The first kappa shape index (κ1) is 31.0. The maximum atomic E-state index is 13.9. The Labute approximate surface area is 241 Å². The number of aryl methyl sites for hydroxylation is 1. The summed E-state index contributed by atoms with van der Waals surface area (Å²) in [6.07, 6.45) is 0.741. The van der Waals surface area contributed by atoms with Crippen molar-refractivity contribution in [2.75, 3.05) is 24.0 Å². The number of nitrogens with one attached hydrogen (secondary N) is 1. The maximum Gasteiger partial charge on any atom is 0.264 e. The molecule has 0 aliphatic rings. The Morgan fingerprint density at radius 2 is 1.57 bits per heavy atom. The van der Waals surface area contributed by atoms with E-state index in [-0.39, 0.29) is 17.3 Å². The van der Waals surface area contributed by atoms with Gasteiger partial charge in [0.15, 0.2) is 0 Å². The van der Waals surface area contributed by atoms with Crippen LogP contribution >= 0.6 is 11.6 Å². The molecule has 10 heteroatoms. The third kappa shape index (κ3) is 7.99. The minimum absolute atomic E-state index is 0.0160. The third-order valence-electron chi connectivity index (χ3n) is 6.31. The normalized spacial score (nSPS) is 11.9. The van der Waals surface area contributed by atoms with Crippen LogP contribution in [0.4, 0.5) is 5.69 Å². The van der Waals surface area contributed by atoms with E-state index in [1.54, 1.807) is 67.6 Å². The standard InChI is InChI=1S/C30H36ClN3O5S/c1-5-19-32-30(36)23(4)33(20-24-9-11-25(31)12-10-24)29(35)21-34(26-13-7-22(3)8-14-26)40(37,38)28-17-15-27(16-18-28)39-6-2/h7-18,23H,5-6,19-21H2,1-4H3,(H,32,36). The molecule has 2 amide bonds. The molecule has 1 atom stereocenters. The fraction of sp³-hybridized carbons (Fsp3) is 0.333. The van der Waals surface area contributed by atoms with Crippen molar-refractivity contribution in [2.24, 2.45) is 0 Å². The monoisotopic (exact) mass is 585 g/mol. The second-order valence-corrected chi connectivity index (χ2v) is 11.7. The van der Waals surface area contributed by atoms with E-state index in [2.05, 4.69) is 5.32 Å². The van der Waals surface area contributed by atoms with Crippen LogP contribution in [0, 0.1) is 6.92 Å². The Balaban J connectivity index is 2.00. The predicted molar refractivity (Wildman–Crippen MR) is 158 cm³/mol. The lowest BCUT2D eigenvalue weighted by Crippen LogP contribution is -2.51. The number of halogens is 1. The fourth-order valence-electron chi connectivity index (χ4n) is 4.01. The highest BCUT2D eigenvalue weighted by atomic mass is 35.5. The Morgan fingerprint density at radius 1 is 0.950 bits per heavy atom. The first-order valence-corrected chi connectivity index (χ1v) is 15.0. The summed E-state index contributed by atoms with van der Waals surface area (Å²) in [4.78, 5) is 28.2. The molecule has 0 aromatic heterocycles.